The highest BCUT2D eigenvalue weighted by Crippen LogP contribution is 2.32. The third-order valence-electron chi connectivity index (χ3n) is 5.68. The van der Waals surface area contributed by atoms with Gasteiger partial charge in [0.1, 0.15) is 0 Å². The summed E-state index contributed by atoms with van der Waals surface area (Å²) in [5.41, 5.74) is 3.94. The summed E-state index contributed by atoms with van der Waals surface area (Å²) in [5, 5.41) is 4.18. The summed E-state index contributed by atoms with van der Waals surface area (Å²) in [6.07, 6.45) is 9.52. The van der Waals surface area contributed by atoms with Crippen molar-refractivity contribution in [2.75, 3.05) is 42.9 Å². The number of piperazine rings is 1. The Hall–Kier alpha value is -2.08. The van der Waals surface area contributed by atoms with Crippen LogP contribution in [0.2, 0.25) is 10.0 Å². The molecule has 0 atom stereocenters. The number of aryl methyl sites for hydroxylation is 1. The second-order valence-corrected chi connectivity index (χ2v) is 8.55. The Morgan fingerprint density at radius 3 is 2.80 bits per heavy atom. The molecule has 0 bridgehead atoms. The van der Waals surface area contributed by atoms with E-state index in [1.807, 2.05) is 36.5 Å². The first-order valence-corrected chi connectivity index (χ1v) is 11.2. The highest BCUT2D eigenvalue weighted by atomic mass is 35.5. The summed E-state index contributed by atoms with van der Waals surface area (Å²) >= 11 is 12.5. The normalized spacial score (nSPS) is 17.3. The van der Waals surface area contributed by atoms with Crippen LogP contribution in [0.1, 0.15) is 30.5 Å². The number of pyridine rings is 1. The number of amides is 1. The van der Waals surface area contributed by atoms with Crippen LogP contribution in [0.15, 0.2) is 36.5 Å². The summed E-state index contributed by atoms with van der Waals surface area (Å²) in [5.74, 6) is 0.0846. The molecule has 0 radical (unpaired) electrons. The largest absolute Gasteiger partial charge is 0.368 e. The minimum absolute atomic E-state index is 0.0846. The van der Waals surface area contributed by atoms with E-state index in [1.165, 1.54) is 0 Å². The maximum atomic E-state index is 11.5. The van der Waals surface area contributed by atoms with E-state index in [2.05, 4.69) is 26.2 Å². The van der Waals surface area contributed by atoms with Crippen LogP contribution in [0.5, 0.6) is 0 Å². The number of nitrogens with zero attached hydrogens (tertiary/aromatic N) is 3. The number of benzene rings is 1. The van der Waals surface area contributed by atoms with Gasteiger partial charge in [0.25, 0.3) is 0 Å². The quantitative estimate of drug-likeness (QED) is 0.644. The number of anilines is 2. The zero-order chi connectivity index (χ0) is 20.9. The van der Waals surface area contributed by atoms with Gasteiger partial charge in [-0.2, -0.15) is 0 Å². The fourth-order valence-electron chi connectivity index (χ4n) is 3.95. The summed E-state index contributed by atoms with van der Waals surface area (Å²) in [6, 6.07) is 7.78. The van der Waals surface area contributed by atoms with Crippen molar-refractivity contribution >= 4 is 46.6 Å². The Morgan fingerprint density at radius 2 is 1.97 bits per heavy atom. The van der Waals surface area contributed by atoms with Crippen LogP contribution >= 0.6 is 23.2 Å². The lowest BCUT2D eigenvalue weighted by molar-refractivity contribution is -0.116. The summed E-state index contributed by atoms with van der Waals surface area (Å²) in [7, 11) is 0. The van der Waals surface area contributed by atoms with Crippen LogP contribution in [0.4, 0.5) is 11.4 Å². The van der Waals surface area contributed by atoms with Crippen molar-refractivity contribution in [1.82, 2.24) is 9.88 Å². The lowest BCUT2D eigenvalue weighted by Gasteiger charge is -2.36. The number of nitrogens with one attached hydrogen (secondary N) is 1. The first-order valence-electron chi connectivity index (χ1n) is 10.5. The Kier molecular flexibility index (Phi) is 6.93. The molecular formula is C23H26Cl2N4O. The van der Waals surface area contributed by atoms with Gasteiger partial charge in [0.15, 0.2) is 0 Å². The lowest BCUT2D eigenvalue weighted by atomic mass is 10.0. The molecule has 4 rings (SSSR count). The van der Waals surface area contributed by atoms with Crippen LogP contribution in [-0.2, 0) is 11.2 Å². The third kappa shape index (κ3) is 5.15. The molecule has 5 nitrogen and oxygen atoms in total. The van der Waals surface area contributed by atoms with Crippen molar-refractivity contribution in [3.63, 3.8) is 0 Å². The smallest absolute Gasteiger partial charge is 0.224 e. The first-order chi connectivity index (χ1) is 14.6. The molecule has 1 N–H and O–H groups in total. The van der Waals surface area contributed by atoms with Crippen LogP contribution in [-0.4, -0.2) is 48.5 Å². The molecule has 3 heterocycles. The number of fused-ring (bicyclic) bond motifs is 1. The van der Waals surface area contributed by atoms with Gasteiger partial charge in [0, 0.05) is 44.5 Å². The van der Waals surface area contributed by atoms with Gasteiger partial charge in [-0.25, -0.2) is 0 Å². The van der Waals surface area contributed by atoms with Gasteiger partial charge in [-0.15, -0.1) is 0 Å². The van der Waals surface area contributed by atoms with E-state index in [-0.39, 0.29) is 5.91 Å². The van der Waals surface area contributed by atoms with Crippen molar-refractivity contribution < 1.29 is 4.79 Å². The first kappa shape index (κ1) is 21.2. The Labute approximate surface area is 187 Å². The van der Waals surface area contributed by atoms with Gasteiger partial charge in [-0.1, -0.05) is 35.3 Å². The highest BCUT2D eigenvalue weighted by Gasteiger charge is 2.19. The van der Waals surface area contributed by atoms with Gasteiger partial charge < -0.3 is 10.2 Å². The van der Waals surface area contributed by atoms with E-state index in [0.29, 0.717) is 16.5 Å². The molecule has 1 aromatic carbocycles. The zero-order valence-electron chi connectivity index (χ0n) is 16.9. The molecule has 7 heteroatoms. The molecule has 1 amide bonds. The Balaban J connectivity index is 1.20. The lowest BCUT2D eigenvalue weighted by Crippen LogP contribution is -2.46. The number of allylic oxidation sites excluding steroid dienone is 1. The van der Waals surface area contributed by atoms with Crippen molar-refractivity contribution in [3.05, 3.63) is 57.8 Å². The Bertz CT molecular complexity index is 939. The van der Waals surface area contributed by atoms with Gasteiger partial charge in [-0.05, 0) is 55.6 Å². The van der Waals surface area contributed by atoms with E-state index >= 15 is 0 Å². The number of aromatic nitrogens is 1. The van der Waals surface area contributed by atoms with E-state index < -0.39 is 0 Å². The van der Waals surface area contributed by atoms with E-state index in [0.717, 1.165) is 74.6 Å². The zero-order valence-corrected chi connectivity index (χ0v) is 18.4. The molecule has 0 unspecified atom stereocenters. The maximum absolute atomic E-state index is 11.5. The number of rotatable bonds is 6. The van der Waals surface area contributed by atoms with E-state index in [1.54, 1.807) is 0 Å². The number of carbonyl (C=O) groups excluding carboxylic acids is 1. The van der Waals surface area contributed by atoms with Crippen molar-refractivity contribution in [1.29, 1.82) is 0 Å². The molecule has 0 spiro atoms. The molecule has 0 aliphatic carbocycles. The van der Waals surface area contributed by atoms with E-state index in [9.17, 15) is 4.79 Å². The fraction of sp³-hybridized carbons (Fsp3) is 0.391. The average Bonchev–Trinajstić information content (AvgIpc) is 2.76. The summed E-state index contributed by atoms with van der Waals surface area (Å²) in [6.45, 7) is 5.05. The monoisotopic (exact) mass is 444 g/mol. The Morgan fingerprint density at radius 1 is 1.13 bits per heavy atom. The minimum Gasteiger partial charge on any atom is -0.368 e. The van der Waals surface area contributed by atoms with Crippen molar-refractivity contribution in [2.45, 2.75) is 25.7 Å². The summed E-state index contributed by atoms with van der Waals surface area (Å²) in [4.78, 5) is 20.8. The average molecular weight is 445 g/mol. The SMILES string of the molecule is O=C1CCc2cnc(C=CCCCN3CCN(c4cccc(Cl)c4Cl)CC3)cc2N1. The van der Waals surface area contributed by atoms with Crippen LogP contribution in [0, 0.1) is 0 Å². The molecule has 1 aromatic heterocycles. The molecule has 0 saturated carbocycles. The van der Waals surface area contributed by atoms with Crippen LogP contribution in [0.25, 0.3) is 6.08 Å². The standard InChI is InChI=1S/C23H26Cl2N4O/c24-19-6-4-7-21(23(19)25)29-13-11-28(12-14-29)10-3-1-2-5-18-15-20-17(16-26-18)8-9-22(30)27-20/h2,4-7,15-16H,1,3,8-14H2,(H,27,30). The fourth-order valence-corrected chi connectivity index (χ4v) is 4.37. The highest BCUT2D eigenvalue weighted by molar-refractivity contribution is 6.43. The summed E-state index contributed by atoms with van der Waals surface area (Å²) < 4.78 is 0. The molecule has 2 aromatic rings. The molecule has 2 aliphatic heterocycles. The number of carbonyl (C=O) groups is 1. The van der Waals surface area contributed by atoms with Gasteiger partial charge in [0.05, 0.1) is 21.4 Å². The third-order valence-corrected chi connectivity index (χ3v) is 6.49. The number of unbranched alkanes of at least 4 members (excludes halogenated alkanes) is 1. The van der Waals surface area contributed by atoms with Crippen LogP contribution in [0.3, 0.4) is 0 Å². The van der Waals surface area contributed by atoms with Crippen LogP contribution < -0.4 is 10.2 Å². The topological polar surface area (TPSA) is 48.5 Å². The molecular weight excluding hydrogens is 419 g/mol. The molecule has 1 fully saturated rings. The van der Waals surface area contributed by atoms with Gasteiger partial charge >= 0.3 is 0 Å². The van der Waals surface area contributed by atoms with Gasteiger partial charge in [-0.3, -0.25) is 14.7 Å². The molecule has 2 aliphatic rings. The van der Waals surface area contributed by atoms with Crippen molar-refractivity contribution in [2.24, 2.45) is 0 Å². The molecule has 1 saturated heterocycles. The number of hydrogen-bond acceptors (Lipinski definition) is 4. The predicted molar refractivity (Wildman–Crippen MR) is 125 cm³/mol. The second-order valence-electron chi connectivity index (χ2n) is 7.76. The minimum atomic E-state index is 0.0846. The molecule has 158 valence electrons. The molecule has 30 heavy (non-hydrogen) atoms. The number of halogens is 2. The predicted octanol–water partition coefficient (Wildman–Crippen LogP) is 4.89. The van der Waals surface area contributed by atoms with E-state index in [4.69, 9.17) is 23.2 Å². The second kappa shape index (κ2) is 9.82. The maximum Gasteiger partial charge on any atom is 0.224 e. The van der Waals surface area contributed by atoms with Gasteiger partial charge in [0.2, 0.25) is 5.91 Å². The number of hydrogen-bond donors (Lipinski definition) is 1. The van der Waals surface area contributed by atoms with Crippen molar-refractivity contribution in [3.8, 4) is 0 Å².